The molecule has 16 heavy (non-hydrogen) atoms. The van der Waals surface area contributed by atoms with Crippen LogP contribution in [0.1, 0.15) is 12.5 Å². The molecule has 0 saturated carbocycles. The summed E-state index contributed by atoms with van der Waals surface area (Å²) >= 11 is 2.20. The molecule has 0 atom stereocenters. The van der Waals surface area contributed by atoms with E-state index in [-0.39, 0.29) is 0 Å². The van der Waals surface area contributed by atoms with Gasteiger partial charge in [-0.1, -0.05) is 49.4 Å². The number of aryl methyl sites for hydroxylation is 1. The molecule has 0 aromatic heterocycles. The van der Waals surface area contributed by atoms with Crippen LogP contribution in [0, 0.1) is 3.57 Å². The summed E-state index contributed by atoms with van der Waals surface area (Å²) < 4.78 is 1.12. The van der Waals surface area contributed by atoms with Crippen molar-refractivity contribution in [2.45, 2.75) is 13.3 Å². The molecule has 0 heterocycles. The van der Waals surface area contributed by atoms with Crippen LogP contribution in [0.25, 0.3) is 0 Å². The molecule has 2 rings (SSSR count). The second-order valence-electron chi connectivity index (χ2n) is 3.36. The average molecular weight is 325 g/mol. The van der Waals surface area contributed by atoms with Crippen molar-refractivity contribution in [3.63, 3.8) is 0 Å². The fourth-order valence-corrected chi connectivity index (χ4v) is 1.58. The number of rotatable bonds is 1. The SMILES string of the molecule is CCc1ccccc1.Nc1ccccc1I. The normalized spacial score (nSPS) is 9.12. The smallest absolute Gasteiger partial charge is 0.0449 e. The fraction of sp³-hybridized carbons (Fsp3) is 0.143. The summed E-state index contributed by atoms with van der Waals surface area (Å²) in [5, 5.41) is 0. The van der Waals surface area contributed by atoms with Crippen molar-refractivity contribution in [2.75, 3.05) is 5.73 Å². The Morgan fingerprint density at radius 2 is 1.50 bits per heavy atom. The van der Waals surface area contributed by atoms with Crippen LogP contribution in [-0.2, 0) is 6.42 Å². The molecule has 1 nitrogen and oxygen atoms in total. The van der Waals surface area contributed by atoms with Gasteiger partial charge in [-0.25, -0.2) is 0 Å². The van der Waals surface area contributed by atoms with E-state index < -0.39 is 0 Å². The summed E-state index contributed by atoms with van der Waals surface area (Å²) in [6, 6.07) is 18.2. The summed E-state index contributed by atoms with van der Waals surface area (Å²) in [7, 11) is 0. The molecular formula is C14H16IN. The van der Waals surface area contributed by atoms with E-state index in [4.69, 9.17) is 5.73 Å². The van der Waals surface area contributed by atoms with E-state index in [0.717, 1.165) is 15.7 Å². The summed E-state index contributed by atoms with van der Waals surface area (Å²) in [4.78, 5) is 0. The van der Waals surface area contributed by atoms with E-state index in [1.165, 1.54) is 5.56 Å². The predicted octanol–water partition coefficient (Wildman–Crippen LogP) is 4.12. The zero-order valence-electron chi connectivity index (χ0n) is 9.36. The Bertz CT molecular complexity index is 391. The van der Waals surface area contributed by atoms with Gasteiger partial charge in [-0.15, -0.1) is 0 Å². The highest BCUT2D eigenvalue weighted by molar-refractivity contribution is 14.1. The van der Waals surface area contributed by atoms with Crippen LogP contribution < -0.4 is 5.73 Å². The average Bonchev–Trinajstić information content (AvgIpc) is 2.35. The second kappa shape index (κ2) is 7.28. The van der Waals surface area contributed by atoms with Crippen molar-refractivity contribution >= 4 is 28.3 Å². The molecule has 84 valence electrons. The van der Waals surface area contributed by atoms with Gasteiger partial charge in [0.25, 0.3) is 0 Å². The molecule has 0 amide bonds. The van der Waals surface area contributed by atoms with E-state index in [1.54, 1.807) is 0 Å². The van der Waals surface area contributed by atoms with Gasteiger partial charge < -0.3 is 5.73 Å². The molecule has 0 bridgehead atoms. The molecule has 0 unspecified atom stereocenters. The number of nitrogen functional groups attached to an aromatic ring is 1. The van der Waals surface area contributed by atoms with Crippen LogP contribution in [0.5, 0.6) is 0 Å². The number of anilines is 1. The third kappa shape index (κ3) is 4.66. The first-order chi connectivity index (χ1) is 7.74. The maximum atomic E-state index is 5.51. The van der Waals surface area contributed by atoms with Gasteiger partial charge in [-0.2, -0.15) is 0 Å². The molecule has 0 fully saturated rings. The maximum Gasteiger partial charge on any atom is 0.0449 e. The third-order valence-corrected chi connectivity index (χ3v) is 3.14. The topological polar surface area (TPSA) is 26.0 Å². The number of halogens is 1. The maximum absolute atomic E-state index is 5.51. The van der Waals surface area contributed by atoms with Crippen LogP contribution >= 0.6 is 22.6 Å². The van der Waals surface area contributed by atoms with E-state index in [0.29, 0.717) is 0 Å². The van der Waals surface area contributed by atoms with Crippen LogP contribution in [0.2, 0.25) is 0 Å². The van der Waals surface area contributed by atoms with Crippen molar-refractivity contribution in [1.82, 2.24) is 0 Å². The van der Waals surface area contributed by atoms with Gasteiger partial charge in [0, 0.05) is 9.26 Å². The highest BCUT2D eigenvalue weighted by atomic mass is 127. The van der Waals surface area contributed by atoms with Crippen molar-refractivity contribution in [1.29, 1.82) is 0 Å². The molecular weight excluding hydrogens is 309 g/mol. The Labute approximate surface area is 111 Å². The lowest BCUT2D eigenvalue weighted by atomic mass is 10.2. The largest absolute Gasteiger partial charge is 0.398 e. The Hall–Kier alpha value is -1.03. The molecule has 0 aliphatic carbocycles. The standard InChI is InChI=1S/C8H10.C6H6IN/c1-2-8-6-4-3-5-7-8;7-5-3-1-2-4-6(5)8/h3-7H,2H2,1H3;1-4H,8H2. The zero-order chi connectivity index (χ0) is 11.8. The predicted molar refractivity (Wildman–Crippen MR) is 79.4 cm³/mol. The van der Waals surface area contributed by atoms with Gasteiger partial charge >= 0.3 is 0 Å². The quantitative estimate of drug-likeness (QED) is 0.619. The van der Waals surface area contributed by atoms with E-state index >= 15 is 0 Å². The van der Waals surface area contributed by atoms with Crippen molar-refractivity contribution in [2.24, 2.45) is 0 Å². The Morgan fingerprint density at radius 3 is 1.88 bits per heavy atom. The number of para-hydroxylation sites is 1. The van der Waals surface area contributed by atoms with E-state index in [9.17, 15) is 0 Å². The van der Waals surface area contributed by atoms with Gasteiger partial charge in [-0.05, 0) is 46.7 Å². The summed E-state index contributed by atoms with van der Waals surface area (Å²) in [6.45, 7) is 2.16. The van der Waals surface area contributed by atoms with Crippen LogP contribution in [0.3, 0.4) is 0 Å². The monoisotopic (exact) mass is 325 g/mol. The van der Waals surface area contributed by atoms with Gasteiger partial charge in [0.15, 0.2) is 0 Å². The van der Waals surface area contributed by atoms with Crippen LogP contribution in [-0.4, -0.2) is 0 Å². The molecule has 0 aliphatic heterocycles. The molecule has 0 aliphatic rings. The number of benzene rings is 2. The first kappa shape index (κ1) is 13.0. The minimum absolute atomic E-state index is 0.855. The Balaban J connectivity index is 0.000000160. The number of nitrogens with two attached hydrogens (primary N) is 1. The number of hydrogen-bond donors (Lipinski definition) is 1. The minimum Gasteiger partial charge on any atom is -0.398 e. The lowest BCUT2D eigenvalue weighted by Crippen LogP contribution is -1.85. The molecule has 2 heteroatoms. The zero-order valence-corrected chi connectivity index (χ0v) is 11.5. The van der Waals surface area contributed by atoms with Crippen molar-refractivity contribution < 1.29 is 0 Å². The first-order valence-electron chi connectivity index (χ1n) is 5.28. The van der Waals surface area contributed by atoms with Crippen molar-refractivity contribution in [3.8, 4) is 0 Å². The van der Waals surface area contributed by atoms with Crippen LogP contribution in [0.4, 0.5) is 5.69 Å². The van der Waals surface area contributed by atoms with Gasteiger partial charge in [-0.3, -0.25) is 0 Å². The van der Waals surface area contributed by atoms with Gasteiger partial charge in [0.05, 0.1) is 0 Å². The molecule has 2 aromatic rings. The summed E-state index contributed by atoms with van der Waals surface area (Å²) in [6.07, 6.45) is 1.14. The fourth-order valence-electron chi connectivity index (χ4n) is 1.19. The van der Waals surface area contributed by atoms with Gasteiger partial charge in [0.2, 0.25) is 0 Å². The third-order valence-electron chi connectivity index (χ3n) is 2.16. The number of hydrogen-bond acceptors (Lipinski definition) is 1. The molecule has 2 N–H and O–H groups in total. The summed E-state index contributed by atoms with van der Waals surface area (Å²) in [5.41, 5.74) is 7.78. The van der Waals surface area contributed by atoms with Gasteiger partial charge in [0.1, 0.15) is 0 Å². The summed E-state index contributed by atoms with van der Waals surface area (Å²) in [5.74, 6) is 0. The van der Waals surface area contributed by atoms with E-state index in [2.05, 4.69) is 53.8 Å². The molecule has 2 aromatic carbocycles. The van der Waals surface area contributed by atoms with E-state index in [1.807, 2.05) is 30.3 Å². The van der Waals surface area contributed by atoms with Crippen molar-refractivity contribution in [3.05, 3.63) is 63.7 Å². The minimum atomic E-state index is 0.855. The highest BCUT2D eigenvalue weighted by Crippen LogP contribution is 2.11. The Morgan fingerprint density at radius 1 is 0.938 bits per heavy atom. The molecule has 0 saturated heterocycles. The van der Waals surface area contributed by atoms with Crippen LogP contribution in [0.15, 0.2) is 54.6 Å². The Kier molecular flexibility index (Phi) is 5.93. The lowest BCUT2D eigenvalue weighted by molar-refractivity contribution is 1.14. The highest BCUT2D eigenvalue weighted by Gasteiger charge is 1.86. The first-order valence-corrected chi connectivity index (χ1v) is 6.36. The lowest BCUT2D eigenvalue weighted by Gasteiger charge is -1.91. The molecule has 0 spiro atoms. The second-order valence-corrected chi connectivity index (χ2v) is 4.52. The molecule has 0 radical (unpaired) electrons.